The van der Waals surface area contributed by atoms with Gasteiger partial charge in [0.1, 0.15) is 5.75 Å². The molecular formula is C27H37N3O6S2. The van der Waals surface area contributed by atoms with Gasteiger partial charge in [0, 0.05) is 26.2 Å². The number of rotatable bonds is 10. The van der Waals surface area contributed by atoms with Crippen LogP contribution in [0, 0.1) is 5.92 Å². The summed E-state index contributed by atoms with van der Waals surface area (Å²) in [6, 6.07) is 14.2. The fraction of sp³-hybridized carbons (Fsp3) is 0.519. The molecule has 0 aromatic heterocycles. The Bertz CT molecular complexity index is 1310. The molecule has 1 atom stereocenters. The predicted octanol–water partition coefficient (Wildman–Crippen LogP) is 3.48. The van der Waals surface area contributed by atoms with Crippen molar-refractivity contribution in [2.45, 2.75) is 49.8 Å². The molecule has 2 heterocycles. The van der Waals surface area contributed by atoms with E-state index in [1.807, 2.05) is 30.3 Å². The minimum absolute atomic E-state index is 0.0282. The van der Waals surface area contributed by atoms with Gasteiger partial charge >= 0.3 is 0 Å². The van der Waals surface area contributed by atoms with E-state index in [4.69, 9.17) is 4.74 Å². The summed E-state index contributed by atoms with van der Waals surface area (Å²) in [5.41, 5.74) is 1.36. The Balaban J connectivity index is 1.41. The van der Waals surface area contributed by atoms with Crippen LogP contribution in [0.25, 0.3) is 0 Å². The maximum atomic E-state index is 13.2. The first-order valence-electron chi connectivity index (χ1n) is 13.2. The number of nitrogens with zero attached hydrogens (tertiary/aromatic N) is 2. The molecule has 0 saturated carbocycles. The Morgan fingerprint density at radius 1 is 0.947 bits per heavy atom. The smallest absolute Gasteiger partial charge is 0.243 e. The molecule has 9 nitrogen and oxygen atoms in total. The van der Waals surface area contributed by atoms with Crippen LogP contribution >= 0.6 is 0 Å². The van der Waals surface area contributed by atoms with E-state index in [1.165, 1.54) is 33.9 Å². The van der Waals surface area contributed by atoms with Crippen LogP contribution in [-0.2, 0) is 31.3 Å². The standard InChI is InChI=1S/C27H37N3O6S2/c1-36-26-15-14-24(38(34,35)29-16-6-3-7-17-29)20-25(26)28-27(31)23-13-8-18-30(21-23)37(32,33)19-9-12-22-10-4-2-5-11-22/h2,4-5,10-11,14-15,20,23H,3,6-9,12-13,16-19,21H2,1H3,(H,28,31). The molecule has 2 fully saturated rings. The molecule has 1 unspecified atom stereocenters. The number of sulfonamides is 2. The normalized spacial score (nSPS) is 19.7. The number of nitrogens with one attached hydrogen (secondary N) is 1. The summed E-state index contributed by atoms with van der Waals surface area (Å²) in [7, 11) is -5.74. The molecule has 11 heteroatoms. The zero-order valence-corrected chi connectivity index (χ0v) is 23.5. The Kier molecular flexibility index (Phi) is 9.45. The number of carbonyl (C=O) groups excluding carboxylic acids is 1. The molecule has 0 radical (unpaired) electrons. The lowest BCUT2D eigenvalue weighted by Gasteiger charge is -2.31. The molecule has 2 saturated heterocycles. The van der Waals surface area contributed by atoms with Crippen LogP contribution in [-0.4, -0.2) is 70.4 Å². The highest BCUT2D eigenvalue weighted by molar-refractivity contribution is 7.89. The topological polar surface area (TPSA) is 113 Å². The van der Waals surface area contributed by atoms with E-state index in [9.17, 15) is 21.6 Å². The summed E-state index contributed by atoms with van der Waals surface area (Å²) in [5, 5.41) is 2.81. The van der Waals surface area contributed by atoms with Crippen molar-refractivity contribution >= 4 is 31.6 Å². The second-order valence-electron chi connectivity index (χ2n) is 9.92. The Labute approximate surface area is 226 Å². The number of ether oxygens (including phenoxy) is 1. The molecule has 2 aromatic carbocycles. The summed E-state index contributed by atoms with van der Waals surface area (Å²) in [4.78, 5) is 13.3. The summed E-state index contributed by atoms with van der Waals surface area (Å²) < 4.78 is 60.6. The van der Waals surface area contributed by atoms with Crippen LogP contribution in [0.1, 0.15) is 44.1 Å². The maximum absolute atomic E-state index is 13.2. The number of piperidine rings is 2. The number of amides is 1. The molecule has 4 rings (SSSR count). The van der Waals surface area contributed by atoms with Crippen LogP contribution in [0.2, 0.25) is 0 Å². The maximum Gasteiger partial charge on any atom is 0.243 e. The fourth-order valence-electron chi connectivity index (χ4n) is 5.08. The van der Waals surface area contributed by atoms with Crippen LogP contribution < -0.4 is 10.1 Å². The first-order chi connectivity index (χ1) is 18.2. The van der Waals surface area contributed by atoms with Crippen LogP contribution in [0.4, 0.5) is 5.69 Å². The summed E-state index contributed by atoms with van der Waals surface area (Å²) in [6.07, 6.45) is 4.98. The number of hydrogen-bond acceptors (Lipinski definition) is 6. The number of hydrogen-bond donors (Lipinski definition) is 1. The van der Waals surface area contributed by atoms with Gasteiger partial charge in [0.05, 0.1) is 29.4 Å². The molecular weight excluding hydrogens is 526 g/mol. The van der Waals surface area contributed by atoms with Crippen molar-refractivity contribution in [3.63, 3.8) is 0 Å². The lowest BCUT2D eigenvalue weighted by Crippen LogP contribution is -2.44. The van der Waals surface area contributed by atoms with E-state index >= 15 is 0 Å². The third-order valence-electron chi connectivity index (χ3n) is 7.24. The van der Waals surface area contributed by atoms with Crippen LogP contribution in [0.5, 0.6) is 5.75 Å². The van der Waals surface area contributed by atoms with Crippen molar-refractivity contribution < 1.29 is 26.4 Å². The van der Waals surface area contributed by atoms with Gasteiger partial charge in [-0.2, -0.15) is 4.31 Å². The monoisotopic (exact) mass is 563 g/mol. The zero-order chi connectivity index (χ0) is 27.2. The Morgan fingerprint density at radius 2 is 1.66 bits per heavy atom. The van der Waals surface area contributed by atoms with E-state index in [1.54, 1.807) is 0 Å². The molecule has 1 amide bonds. The third-order valence-corrected chi connectivity index (χ3v) is 11.1. The first-order valence-corrected chi connectivity index (χ1v) is 16.3. The highest BCUT2D eigenvalue weighted by atomic mass is 32.2. The van der Waals surface area contributed by atoms with Crippen molar-refractivity contribution in [2.24, 2.45) is 5.92 Å². The van der Waals surface area contributed by atoms with Crippen molar-refractivity contribution in [1.82, 2.24) is 8.61 Å². The number of carbonyl (C=O) groups is 1. The second-order valence-corrected chi connectivity index (χ2v) is 13.9. The molecule has 0 aliphatic carbocycles. The van der Waals surface area contributed by atoms with Gasteiger partial charge < -0.3 is 10.1 Å². The quantitative estimate of drug-likeness (QED) is 0.474. The minimum Gasteiger partial charge on any atom is -0.495 e. The average Bonchev–Trinajstić information content (AvgIpc) is 2.94. The Morgan fingerprint density at radius 3 is 2.37 bits per heavy atom. The number of methoxy groups -OCH3 is 1. The minimum atomic E-state index is -3.69. The SMILES string of the molecule is COc1ccc(S(=O)(=O)N2CCCCC2)cc1NC(=O)C1CCCN(S(=O)(=O)CCCc2ccccc2)C1. The van der Waals surface area contributed by atoms with Crippen molar-refractivity contribution in [2.75, 3.05) is 44.4 Å². The molecule has 2 aliphatic rings. The molecule has 1 N–H and O–H groups in total. The molecule has 208 valence electrons. The molecule has 2 aliphatic heterocycles. The molecule has 2 aromatic rings. The average molecular weight is 564 g/mol. The summed E-state index contributed by atoms with van der Waals surface area (Å²) in [6.45, 7) is 1.46. The second kappa shape index (κ2) is 12.6. The van der Waals surface area contributed by atoms with Crippen LogP contribution in [0.15, 0.2) is 53.4 Å². The van der Waals surface area contributed by atoms with E-state index in [0.29, 0.717) is 51.1 Å². The van der Waals surface area contributed by atoms with Gasteiger partial charge in [-0.25, -0.2) is 21.1 Å². The highest BCUT2D eigenvalue weighted by Gasteiger charge is 2.33. The van der Waals surface area contributed by atoms with E-state index in [-0.39, 0.29) is 28.8 Å². The fourth-order valence-corrected chi connectivity index (χ4v) is 8.20. The summed E-state index contributed by atoms with van der Waals surface area (Å²) >= 11 is 0. The van der Waals surface area contributed by atoms with Crippen molar-refractivity contribution in [1.29, 1.82) is 0 Å². The van der Waals surface area contributed by atoms with Gasteiger partial charge in [0.25, 0.3) is 0 Å². The predicted molar refractivity (Wildman–Crippen MR) is 147 cm³/mol. The van der Waals surface area contributed by atoms with Gasteiger partial charge in [0.15, 0.2) is 0 Å². The summed E-state index contributed by atoms with van der Waals surface area (Å²) in [5.74, 6) is -0.516. The lowest BCUT2D eigenvalue weighted by molar-refractivity contribution is -0.120. The van der Waals surface area contributed by atoms with E-state index in [0.717, 1.165) is 24.8 Å². The van der Waals surface area contributed by atoms with E-state index in [2.05, 4.69) is 5.32 Å². The number of benzene rings is 2. The van der Waals surface area contributed by atoms with Gasteiger partial charge in [-0.3, -0.25) is 4.79 Å². The van der Waals surface area contributed by atoms with Crippen LogP contribution in [0.3, 0.4) is 0 Å². The van der Waals surface area contributed by atoms with Crippen molar-refractivity contribution in [3.8, 4) is 5.75 Å². The van der Waals surface area contributed by atoms with Gasteiger partial charge in [-0.15, -0.1) is 0 Å². The van der Waals surface area contributed by atoms with Gasteiger partial charge in [0.2, 0.25) is 26.0 Å². The zero-order valence-electron chi connectivity index (χ0n) is 21.8. The third kappa shape index (κ3) is 6.93. The van der Waals surface area contributed by atoms with Gasteiger partial charge in [-0.05, 0) is 62.3 Å². The number of anilines is 1. The first kappa shape index (κ1) is 28.5. The molecule has 0 spiro atoms. The number of aryl methyl sites for hydroxylation is 1. The van der Waals surface area contributed by atoms with E-state index < -0.39 is 26.0 Å². The van der Waals surface area contributed by atoms with Gasteiger partial charge in [-0.1, -0.05) is 36.8 Å². The largest absolute Gasteiger partial charge is 0.495 e. The highest BCUT2D eigenvalue weighted by Crippen LogP contribution is 2.31. The lowest BCUT2D eigenvalue weighted by atomic mass is 9.98. The van der Waals surface area contributed by atoms with Crippen molar-refractivity contribution in [3.05, 3.63) is 54.1 Å². The molecule has 0 bridgehead atoms. The molecule has 38 heavy (non-hydrogen) atoms. The Hall–Kier alpha value is -2.47.